The number of carbonyl (C=O) groups excluding carboxylic acids is 1. The van der Waals surface area contributed by atoms with Gasteiger partial charge in [-0.15, -0.1) is 0 Å². The van der Waals surface area contributed by atoms with E-state index in [1.807, 2.05) is 20.8 Å². The summed E-state index contributed by atoms with van der Waals surface area (Å²) in [6.45, 7) is 9.53. The first kappa shape index (κ1) is 15.3. The molecule has 0 aromatic carbocycles. The molecule has 3 heteroatoms. The molecular formula is C13H27NO2. The fourth-order valence-corrected chi connectivity index (χ4v) is 1.25. The number of amides is 1. The van der Waals surface area contributed by atoms with E-state index in [4.69, 9.17) is 4.74 Å². The summed E-state index contributed by atoms with van der Waals surface area (Å²) in [7, 11) is 0. The Labute approximate surface area is 99.9 Å². The molecule has 0 radical (unpaired) electrons. The van der Waals surface area contributed by atoms with Crippen molar-refractivity contribution in [1.29, 1.82) is 0 Å². The third-order valence-electron chi connectivity index (χ3n) is 2.19. The van der Waals surface area contributed by atoms with E-state index >= 15 is 0 Å². The average Bonchev–Trinajstić information content (AvgIpc) is 2.19. The number of rotatable bonds is 7. The van der Waals surface area contributed by atoms with Crippen LogP contribution in [0.3, 0.4) is 0 Å². The van der Waals surface area contributed by atoms with E-state index in [-0.39, 0.29) is 11.5 Å². The highest BCUT2D eigenvalue weighted by atomic mass is 16.5. The van der Waals surface area contributed by atoms with E-state index in [0.717, 1.165) is 13.0 Å². The molecular weight excluding hydrogens is 202 g/mol. The monoisotopic (exact) mass is 229 g/mol. The second-order valence-electron chi connectivity index (χ2n) is 5.48. The van der Waals surface area contributed by atoms with Crippen LogP contribution in [0.1, 0.15) is 59.8 Å². The molecule has 0 aromatic heterocycles. The van der Waals surface area contributed by atoms with Crippen LogP contribution in [0.25, 0.3) is 0 Å². The molecule has 96 valence electrons. The molecule has 0 rings (SSSR count). The summed E-state index contributed by atoms with van der Waals surface area (Å²) in [5.41, 5.74) is 0.0401. The quantitative estimate of drug-likeness (QED) is 0.675. The highest BCUT2D eigenvalue weighted by Crippen LogP contribution is 2.12. The van der Waals surface area contributed by atoms with Crippen molar-refractivity contribution in [2.75, 3.05) is 13.2 Å². The van der Waals surface area contributed by atoms with Crippen LogP contribution in [0.4, 0.5) is 4.79 Å². The minimum atomic E-state index is -0.287. The topological polar surface area (TPSA) is 38.3 Å². The fourth-order valence-electron chi connectivity index (χ4n) is 1.25. The van der Waals surface area contributed by atoms with Crippen LogP contribution in [0.5, 0.6) is 0 Å². The number of alkyl carbamates (subject to hydrolysis) is 1. The Hall–Kier alpha value is -0.730. The van der Waals surface area contributed by atoms with Crippen LogP contribution in [0.2, 0.25) is 0 Å². The molecule has 0 aliphatic rings. The van der Waals surface area contributed by atoms with Gasteiger partial charge in [-0.3, -0.25) is 0 Å². The summed E-state index contributed by atoms with van der Waals surface area (Å²) < 4.78 is 5.08. The highest BCUT2D eigenvalue weighted by molar-refractivity contribution is 5.67. The SMILES string of the molecule is CCCCCCCNC(=O)OCC(C)(C)C. The van der Waals surface area contributed by atoms with Crippen molar-refractivity contribution in [2.24, 2.45) is 5.41 Å². The van der Waals surface area contributed by atoms with Crippen molar-refractivity contribution in [3.05, 3.63) is 0 Å². The molecule has 0 aromatic rings. The minimum Gasteiger partial charge on any atom is -0.449 e. The molecule has 0 heterocycles. The first-order chi connectivity index (χ1) is 7.45. The third kappa shape index (κ3) is 11.3. The molecule has 0 spiro atoms. The maximum Gasteiger partial charge on any atom is 0.407 e. The smallest absolute Gasteiger partial charge is 0.407 e. The van der Waals surface area contributed by atoms with Crippen LogP contribution < -0.4 is 5.32 Å². The minimum absolute atomic E-state index is 0.0401. The number of nitrogens with one attached hydrogen (secondary N) is 1. The van der Waals surface area contributed by atoms with Crippen molar-refractivity contribution >= 4 is 6.09 Å². The van der Waals surface area contributed by atoms with Gasteiger partial charge in [0.2, 0.25) is 0 Å². The van der Waals surface area contributed by atoms with Gasteiger partial charge >= 0.3 is 6.09 Å². The lowest BCUT2D eigenvalue weighted by Crippen LogP contribution is -2.28. The lowest BCUT2D eigenvalue weighted by atomic mass is 9.99. The van der Waals surface area contributed by atoms with Crippen LogP contribution in [0, 0.1) is 5.41 Å². The summed E-state index contributed by atoms with van der Waals surface area (Å²) in [6, 6.07) is 0. The van der Waals surface area contributed by atoms with Crippen molar-refractivity contribution < 1.29 is 9.53 Å². The second-order valence-corrected chi connectivity index (χ2v) is 5.48. The molecule has 0 atom stereocenters. The van der Waals surface area contributed by atoms with Crippen molar-refractivity contribution in [3.8, 4) is 0 Å². The van der Waals surface area contributed by atoms with E-state index < -0.39 is 0 Å². The summed E-state index contributed by atoms with van der Waals surface area (Å²) in [4.78, 5) is 11.2. The van der Waals surface area contributed by atoms with Crippen molar-refractivity contribution in [3.63, 3.8) is 0 Å². The predicted molar refractivity (Wildman–Crippen MR) is 67.6 cm³/mol. The number of carbonyl (C=O) groups is 1. The lowest BCUT2D eigenvalue weighted by molar-refractivity contribution is 0.106. The Kier molecular flexibility index (Phi) is 8.04. The predicted octanol–water partition coefficient (Wildman–Crippen LogP) is 3.73. The largest absolute Gasteiger partial charge is 0.449 e. The van der Waals surface area contributed by atoms with E-state index in [0.29, 0.717) is 6.61 Å². The van der Waals surface area contributed by atoms with E-state index in [1.54, 1.807) is 0 Å². The van der Waals surface area contributed by atoms with Gasteiger partial charge in [0.05, 0.1) is 6.61 Å². The van der Waals surface area contributed by atoms with Crippen molar-refractivity contribution in [1.82, 2.24) is 5.32 Å². The van der Waals surface area contributed by atoms with Gasteiger partial charge in [0.15, 0.2) is 0 Å². The standard InChI is InChI=1S/C13H27NO2/c1-5-6-7-8-9-10-14-12(15)16-11-13(2,3)4/h5-11H2,1-4H3,(H,14,15). The Morgan fingerprint density at radius 2 is 1.75 bits per heavy atom. The summed E-state index contributed by atoms with van der Waals surface area (Å²) >= 11 is 0. The molecule has 0 aliphatic carbocycles. The molecule has 1 N–H and O–H groups in total. The molecule has 0 aliphatic heterocycles. The molecule has 16 heavy (non-hydrogen) atoms. The first-order valence-corrected chi connectivity index (χ1v) is 6.36. The Morgan fingerprint density at radius 1 is 1.12 bits per heavy atom. The molecule has 1 amide bonds. The maximum atomic E-state index is 11.2. The summed E-state index contributed by atoms with van der Waals surface area (Å²) in [5.74, 6) is 0. The van der Waals surface area contributed by atoms with Crippen molar-refractivity contribution in [2.45, 2.75) is 59.8 Å². The number of hydrogen-bond acceptors (Lipinski definition) is 2. The summed E-state index contributed by atoms with van der Waals surface area (Å²) in [6.07, 6.45) is 5.74. The van der Waals surface area contributed by atoms with Crippen LogP contribution >= 0.6 is 0 Å². The Morgan fingerprint density at radius 3 is 2.31 bits per heavy atom. The molecule has 0 saturated carbocycles. The molecule has 3 nitrogen and oxygen atoms in total. The van der Waals surface area contributed by atoms with Crippen LogP contribution in [0.15, 0.2) is 0 Å². The van der Waals surface area contributed by atoms with E-state index in [9.17, 15) is 4.79 Å². The van der Waals surface area contributed by atoms with E-state index in [1.165, 1.54) is 25.7 Å². The van der Waals surface area contributed by atoms with Crippen LogP contribution in [-0.4, -0.2) is 19.2 Å². The van der Waals surface area contributed by atoms with Gasteiger partial charge in [0.25, 0.3) is 0 Å². The molecule has 0 saturated heterocycles. The zero-order valence-electron chi connectivity index (χ0n) is 11.3. The first-order valence-electron chi connectivity index (χ1n) is 6.36. The van der Waals surface area contributed by atoms with Crippen LogP contribution in [-0.2, 0) is 4.74 Å². The van der Waals surface area contributed by atoms with Gasteiger partial charge in [-0.05, 0) is 11.8 Å². The van der Waals surface area contributed by atoms with Gasteiger partial charge in [-0.2, -0.15) is 0 Å². The molecule has 0 fully saturated rings. The highest BCUT2D eigenvalue weighted by Gasteiger charge is 2.12. The maximum absolute atomic E-state index is 11.2. The van der Waals surface area contributed by atoms with Gasteiger partial charge in [-0.25, -0.2) is 4.79 Å². The zero-order chi connectivity index (χ0) is 12.4. The van der Waals surface area contributed by atoms with Gasteiger partial charge in [-0.1, -0.05) is 53.4 Å². The molecule has 0 bridgehead atoms. The molecule has 0 unspecified atom stereocenters. The summed E-state index contributed by atoms with van der Waals surface area (Å²) in [5, 5.41) is 2.77. The second kappa shape index (κ2) is 8.43. The zero-order valence-corrected chi connectivity index (χ0v) is 11.3. The van der Waals surface area contributed by atoms with Gasteiger partial charge in [0.1, 0.15) is 0 Å². The van der Waals surface area contributed by atoms with Gasteiger partial charge < -0.3 is 10.1 Å². The normalized spacial score (nSPS) is 11.2. The Bertz CT molecular complexity index is 185. The van der Waals surface area contributed by atoms with Gasteiger partial charge in [0, 0.05) is 6.54 Å². The lowest BCUT2D eigenvalue weighted by Gasteiger charge is -2.17. The third-order valence-corrected chi connectivity index (χ3v) is 2.19. The Balaban J connectivity index is 3.31. The fraction of sp³-hybridized carbons (Fsp3) is 0.923. The number of hydrogen-bond donors (Lipinski definition) is 1. The average molecular weight is 229 g/mol. The van der Waals surface area contributed by atoms with E-state index in [2.05, 4.69) is 12.2 Å². The number of ether oxygens (including phenoxy) is 1. The number of unbranched alkanes of at least 4 members (excludes halogenated alkanes) is 4.